The molecule has 1 aliphatic heterocycles. The maximum atomic E-state index is 13.0. The van der Waals surface area contributed by atoms with Gasteiger partial charge in [-0.3, -0.25) is 18.7 Å². The molecule has 0 N–H and O–H groups in total. The summed E-state index contributed by atoms with van der Waals surface area (Å²) in [5, 5.41) is 0.0982. The number of halogens is 3. The SMILES string of the molecule is Cn1cc(/C=C2\CCn3c2nc2cc(C(F)(F)F)ccc2c3=O)c(=O)n(C)c1=O. The Kier molecular flexibility index (Phi) is 4.10. The summed E-state index contributed by atoms with van der Waals surface area (Å²) >= 11 is 0. The molecule has 29 heavy (non-hydrogen) atoms. The van der Waals surface area contributed by atoms with Crippen LogP contribution in [0.15, 0.2) is 38.8 Å². The smallest absolute Gasteiger partial charge is 0.303 e. The summed E-state index contributed by atoms with van der Waals surface area (Å²) in [7, 11) is 2.85. The molecule has 150 valence electrons. The van der Waals surface area contributed by atoms with Gasteiger partial charge in [0.05, 0.1) is 22.0 Å². The third kappa shape index (κ3) is 3.00. The van der Waals surface area contributed by atoms with E-state index in [1.807, 2.05) is 0 Å². The minimum absolute atomic E-state index is 0.0581. The maximum absolute atomic E-state index is 13.0. The van der Waals surface area contributed by atoms with Crippen LogP contribution >= 0.6 is 0 Å². The molecule has 10 heteroatoms. The molecule has 0 atom stereocenters. The van der Waals surface area contributed by atoms with Gasteiger partial charge < -0.3 is 4.57 Å². The highest BCUT2D eigenvalue weighted by atomic mass is 19.4. The zero-order chi connectivity index (χ0) is 21.1. The van der Waals surface area contributed by atoms with Crippen molar-refractivity contribution < 1.29 is 13.2 Å². The molecule has 0 aliphatic carbocycles. The second kappa shape index (κ2) is 6.29. The van der Waals surface area contributed by atoms with E-state index in [-0.39, 0.29) is 22.3 Å². The van der Waals surface area contributed by atoms with Crippen LogP contribution < -0.4 is 16.8 Å². The molecule has 0 radical (unpaired) electrons. The molecular formula is C19H15F3N4O3. The number of allylic oxidation sites excluding steroid dienone is 1. The Morgan fingerprint density at radius 1 is 1.10 bits per heavy atom. The minimum atomic E-state index is -4.55. The molecule has 1 aromatic carbocycles. The average molecular weight is 404 g/mol. The van der Waals surface area contributed by atoms with E-state index in [2.05, 4.69) is 4.98 Å². The van der Waals surface area contributed by atoms with Gasteiger partial charge in [0.1, 0.15) is 5.82 Å². The van der Waals surface area contributed by atoms with E-state index >= 15 is 0 Å². The molecule has 0 unspecified atom stereocenters. The first-order chi connectivity index (χ1) is 13.6. The van der Waals surface area contributed by atoms with Crippen molar-refractivity contribution >= 4 is 22.6 Å². The van der Waals surface area contributed by atoms with E-state index in [1.165, 1.54) is 35.5 Å². The molecule has 3 heterocycles. The summed E-state index contributed by atoms with van der Waals surface area (Å²) in [6.45, 7) is 0.302. The molecule has 2 aromatic heterocycles. The summed E-state index contributed by atoms with van der Waals surface area (Å²) in [4.78, 5) is 41.2. The van der Waals surface area contributed by atoms with Gasteiger partial charge >= 0.3 is 11.9 Å². The number of rotatable bonds is 1. The number of hydrogen-bond donors (Lipinski definition) is 0. The van der Waals surface area contributed by atoms with E-state index in [9.17, 15) is 27.6 Å². The number of alkyl halides is 3. The maximum Gasteiger partial charge on any atom is 0.416 e. The van der Waals surface area contributed by atoms with Gasteiger partial charge in [-0.1, -0.05) is 0 Å². The van der Waals surface area contributed by atoms with Gasteiger partial charge in [0.2, 0.25) is 0 Å². The fourth-order valence-corrected chi connectivity index (χ4v) is 3.45. The molecule has 3 aromatic rings. The summed E-state index contributed by atoms with van der Waals surface area (Å²) in [5.41, 5.74) is -1.62. The van der Waals surface area contributed by atoms with Gasteiger partial charge in [0, 0.05) is 26.8 Å². The zero-order valence-electron chi connectivity index (χ0n) is 15.4. The first-order valence-electron chi connectivity index (χ1n) is 8.67. The largest absolute Gasteiger partial charge is 0.416 e. The van der Waals surface area contributed by atoms with Crippen molar-refractivity contribution in [3.63, 3.8) is 0 Å². The third-order valence-electron chi connectivity index (χ3n) is 4.98. The Bertz CT molecular complexity index is 1380. The molecular weight excluding hydrogens is 389 g/mol. The van der Waals surface area contributed by atoms with Crippen molar-refractivity contribution in [2.24, 2.45) is 14.1 Å². The van der Waals surface area contributed by atoms with E-state index < -0.39 is 28.5 Å². The highest BCUT2D eigenvalue weighted by molar-refractivity contribution is 5.84. The molecule has 1 aliphatic rings. The average Bonchev–Trinajstić information content (AvgIpc) is 3.06. The fourth-order valence-electron chi connectivity index (χ4n) is 3.45. The number of benzene rings is 1. The van der Waals surface area contributed by atoms with E-state index in [1.54, 1.807) is 0 Å². The summed E-state index contributed by atoms with van der Waals surface area (Å²) < 4.78 is 42.6. The van der Waals surface area contributed by atoms with Gasteiger partial charge in [0.15, 0.2) is 0 Å². The van der Waals surface area contributed by atoms with Gasteiger partial charge in [-0.25, -0.2) is 9.78 Å². The van der Waals surface area contributed by atoms with Crippen LogP contribution in [0.2, 0.25) is 0 Å². The highest BCUT2D eigenvalue weighted by Crippen LogP contribution is 2.32. The predicted octanol–water partition coefficient (Wildman–Crippen LogP) is 1.76. The van der Waals surface area contributed by atoms with Crippen molar-refractivity contribution in [2.75, 3.05) is 0 Å². The van der Waals surface area contributed by atoms with Crippen molar-refractivity contribution in [2.45, 2.75) is 19.1 Å². The highest BCUT2D eigenvalue weighted by Gasteiger charge is 2.31. The standard InChI is InChI=1S/C19H15F3N4O3/c1-24-9-11(16(27)25(2)18(24)29)7-10-5-6-26-15(10)23-14-8-12(19(20,21)22)3-4-13(14)17(26)28/h3-4,7-9H,5-6H2,1-2H3/b10-7+. The van der Waals surface area contributed by atoms with Crippen LogP contribution in [0.5, 0.6) is 0 Å². The lowest BCUT2D eigenvalue weighted by Crippen LogP contribution is -2.37. The summed E-state index contributed by atoms with van der Waals surface area (Å²) in [6, 6.07) is 2.84. The van der Waals surface area contributed by atoms with Crippen molar-refractivity contribution in [3.05, 3.63) is 72.5 Å². The number of aryl methyl sites for hydroxylation is 1. The van der Waals surface area contributed by atoms with Crippen molar-refractivity contribution in [1.29, 1.82) is 0 Å². The second-order valence-corrected chi connectivity index (χ2v) is 6.88. The molecule has 0 saturated carbocycles. The predicted molar refractivity (Wildman–Crippen MR) is 100 cm³/mol. The number of nitrogens with zero attached hydrogens (tertiary/aromatic N) is 4. The van der Waals surface area contributed by atoms with Crippen LogP contribution in [-0.4, -0.2) is 18.7 Å². The Morgan fingerprint density at radius 3 is 2.52 bits per heavy atom. The van der Waals surface area contributed by atoms with Gasteiger partial charge in [-0.2, -0.15) is 13.2 Å². The van der Waals surface area contributed by atoms with Crippen molar-refractivity contribution in [3.8, 4) is 0 Å². The Morgan fingerprint density at radius 2 is 1.83 bits per heavy atom. The van der Waals surface area contributed by atoms with Crippen LogP contribution in [0, 0.1) is 0 Å². The topological polar surface area (TPSA) is 78.9 Å². The summed E-state index contributed by atoms with van der Waals surface area (Å²) in [6.07, 6.45) is -1.27. The lowest BCUT2D eigenvalue weighted by atomic mass is 10.1. The number of fused-ring (bicyclic) bond motifs is 2. The fraction of sp³-hybridized carbons (Fsp3) is 0.263. The Labute approximate surface area is 161 Å². The molecule has 0 saturated heterocycles. The number of hydrogen-bond acceptors (Lipinski definition) is 4. The molecule has 0 bridgehead atoms. The van der Waals surface area contributed by atoms with Crippen LogP contribution in [0.4, 0.5) is 13.2 Å². The quantitative estimate of drug-likeness (QED) is 0.619. The molecule has 0 amide bonds. The molecule has 0 spiro atoms. The first kappa shape index (κ1) is 18.9. The van der Waals surface area contributed by atoms with Crippen molar-refractivity contribution in [1.82, 2.24) is 18.7 Å². The van der Waals surface area contributed by atoms with E-state index in [0.29, 0.717) is 18.5 Å². The Balaban J connectivity index is 1.93. The Hall–Kier alpha value is -3.43. The normalized spacial score (nSPS) is 15.3. The monoisotopic (exact) mass is 404 g/mol. The van der Waals surface area contributed by atoms with Gasteiger partial charge in [-0.05, 0) is 36.3 Å². The molecule has 7 nitrogen and oxygen atoms in total. The lowest BCUT2D eigenvalue weighted by molar-refractivity contribution is -0.137. The van der Waals surface area contributed by atoms with Crippen LogP contribution in [0.25, 0.3) is 22.6 Å². The first-order valence-corrected chi connectivity index (χ1v) is 8.67. The zero-order valence-corrected chi connectivity index (χ0v) is 15.4. The van der Waals surface area contributed by atoms with E-state index in [4.69, 9.17) is 0 Å². The number of aromatic nitrogens is 4. The molecule has 4 rings (SSSR count). The second-order valence-electron chi connectivity index (χ2n) is 6.88. The van der Waals surface area contributed by atoms with Crippen LogP contribution in [0.3, 0.4) is 0 Å². The summed E-state index contributed by atoms with van der Waals surface area (Å²) in [5.74, 6) is 0.220. The van der Waals surface area contributed by atoms with Crippen LogP contribution in [0.1, 0.15) is 23.4 Å². The lowest BCUT2D eigenvalue weighted by Gasteiger charge is -2.09. The van der Waals surface area contributed by atoms with Crippen LogP contribution in [-0.2, 0) is 26.8 Å². The minimum Gasteiger partial charge on any atom is -0.303 e. The van der Waals surface area contributed by atoms with E-state index in [0.717, 1.165) is 22.8 Å². The van der Waals surface area contributed by atoms with Gasteiger partial charge in [-0.15, -0.1) is 0 Å². The molecule has 0 fully saturated rings. The van der Waals surface area contributed by atoms with Gasteiger partial charge in [0.25, 0.3) is 11.1 Å². The third-order valence-corrected chi connectivity index (χ3v) is 4.98.